The number of ether oxygens (including phenoxy) is 1. The van der Waals surface area contributed by atoms with E-state index in [0.717, 1.165) is 16.5 Å². The zero-order valence-electron chi connectivity index (χ0n) is 10.6. The lowest BCUT2D eigenvalue weighted by molar-refractivity contribution is -0.123. The summed E-state index contributed by atoms with van der Waals surface area (Å²) >= 11 is 3.32. The van der Waals surface area contributed by atoms with E-state index in [4.69, 9.17) is 9.84 Å². The SMILES string of the molecule is CCC(C)NC(=O)COc1ccc(Br)c(CO)c1. The Hall–Kier alpha value is -1.07. The van der Waals surface area contributed by atoms with Gasteiger partial charge in [0.1, 0.15) is 5.75 Å². The van der Waals surface area contributed by atoms with E-state index >= 15 is 0 Å². The number of hydrogen-bond donors (Lipinski definition) is 2. The highest BCUT2D eigenvalue weighted by Crippen LogP contribution is 2.22. The molecule has 0 spiro atoms. The van der Waals surface area contributed by atoms with E-state index in [-0.39, 0.29) is 25.2 Å². The van der Waals surface area contributed by atoms with Gasteiger partial charge < -0.3 is 15.2 Å². The molecule has 0 bridgehead atoms. The number of nitrogens with one attached hydrogen (secondary N) is 1. The molecule has 2 N–H and O–H groups in total. The molecule has 5 heteroatoms. The Morgan fingerprint density at radius 3 is 2.89 bits per heavy atom. The third-order valence-electron chi connectivity index (χ3n) is 2.58. The lowest BCUT2D eigenvalue weighted by Crippen LogP contribution is -2.35. The van der Waals surface area contributed by atoms with Gasteiger partial charge in [0.25, 0.3) is 5.91 Å². The molecule has 1 aromatic carbocycles. The standard InChI is InChI=1S/C13H18BrNO3/c1-3-9(2)15-13(17)8-18-11-4-5-12(14)10(6-11)7-16/h4-6,9,16H,3,7-8H2,1-2H3,(H,15,17). The Balaban J connectivity index is 2.51. The zero-order chi connectivity index (χ0) is 13.5. The average molecular weight is 316 g/mol. The van der Waals surface area contributed by atoms with Gasteiger partial charge in [-0.05, 0) is 37.1 Å². The van der Waals surface area contributed by atoms with Crippen molar-refractivity contribution in [1.82, 2.24) is 5.32 Å². The van der Waals surface area contributed by atoms with E-state index < -0.39 is 0 Å². The van der Waals surface area contributed by atoms with E-state index in [2.05, 4.69) is 21.2 Å². The van der Waals surface area contributed by atoms with Gasteiger partial charge in [0.15, 0.2) is 6.61 Å². The van der Waals surface area contributed by atoms with Gasteiger partial charge in [0.05, 0.1) is 6.61 Å². The van der Waals surface area contributed by atoms with Crippen LogP contribution >= 0.6 is 15.9 Å². The molecule has 0 radical (unpaired) electrons. The minimum Gasteiger partial charge on any atom is -0.484 e. The van der Waals surface area contributed by atoms with Crippen molar-refractivity contribution in [3.05, 3.63) is 28.2 Å². The first-order chi connectivity index (χ1) is 8.56. The topological polar surface area (TPSA) is 58.6 Å². The highest BCUT2D eigenvalue weighted by atomic mass is 79.9. The van der Waals surface area contributed by atoms with E-state index in [1.54, 1.807) is 18.2 Å². The van der Waals surface area contributed by atoms with Crippen LogP contribution in [0.15, 0.2) is 22.7 Å². The van der Waals surface area contributed by atoms with E-state index in [0.29, 0.717) is 5.75 Å². The molecule has 4 nitrogen and oxygen atoms in total. The Morgan fingerprint density at radius 2 is 2.28 bits per heavy atom. The third kappa shape index (κ3) is 4.66. The molecule has 1 atom stereocenters. The Labute approximate surface area is 115 Å². The summed E-state index contributed by atoms with van der Waals surface area (Å²) in [6.07, 6.45) is 0.888. The quantitative estimate of drug-likeness (QED) is 0.846. The molecule has 0 saturated heterocycles. The maximum atomic E-state index is 11.5. The van der Waals surface area contributed by atoms with Crippen LogP contribution in [-0.2, 0) is 11.4 Å². The first-order valence-electron chi connectivity index (χ1n) is 5.88. The second-order valence-corrected chi connectivity index (χ2v) is 4.93. The molecule has 1 aromatic rings. The van der Waals surface area contributed by atoms with E-state index in [1.807, 2.05) is 13.8 Å². The fourth-order valence-corrected chi connectivity index (χ4v) is 1.70. The van der Waals surface area contributed by atoms with Crippen LogP contribution < -0.4 is 10.1 Å². The van der Waals surface area contributed by atoms with Crippen molar-refractivity contribution in [2.45, 2.75) is 32.9 Å². The van der Waals surface area contributed by atoms with Crippen molar-refractivity contribution in [1.29, 1.82) is 0 Å². The molecule has 0 aliphatic carbocycles. The molecule has 18 heavy (non-hydrogen) atoms. The number of rotatable bonds is 6. The van der Waals surface area contributed by atoms with Crippen LogP contribution in [-0.4, -0.2) is 23.7 Å². The van der Waals surface area contributed by atoms with E-state index in [9.17, 15) is 4.79 Å². The minimum atomic E-state index is -0.141. The summed E-state index contributed by atoms with van der Waals surface area (Å²) in [4.78, 5) is 11.5. The number of hydrogen-bond acceptors (Lipinski definition) is 3. The third-order valence-corrected chi connectivity index (χ3v) is 3.35. The number of carbonyl (C=O) groups excluding carboxylic acids is 1. The van der Waals surface area contributed by atoms with Crippen LogP contribution in [0.1, 0.15) is 25.8 Å². The summed E-state index contributed by atoms with van der Waals surface area (Å²) in [5, 5.41) is 11.9. The normalized spacial score (nSPS) is 12.0. The highest BCUT2D eigenvalue weighted by molar-refractivity contribution is 9.10. The van der Waals surface area contributed by atoms with Crippen LogP contribution in [0.4, 0.5) is 0 Å². The predicted octanol–water partition coefficient (Wildman–Crippen LogP) is 2.23. The second-order valence-electron chi connectivity index (χ2n) is 4.08. The maximum absolute atomic E-state index is 11.5. The Kier molecular flexibility index (Phi) is 6.15. The van der Waals surface area contributed by atoms with Crippen LogP contribution in [0.2, 0.25) is 0 Å². The number of amides is 1. The zero-order valence-corrected chi connectivity index (χ0v) is 12.2. The molecule has 0 aromatic heterocycles. The van der Waals surface area contributed by atoms with Gasteiger partial charge in [-0.15, -0.1) is 0 Å². The summed E-state index contributed by atoms with van der Waals surface area (Å²) < 4.78 is 6.19. The predicted molar refractivity (Wildman–Crippen MR) is 73.5 cm³/mol. The van der Waals surface area contributed by atoms with Crippen molar-refractivity contribution in [3.63, 3.8) is 0 Å². The number of aliphatic hydroxyl groups is 1. The smallest absolute Gasteiger partial charge is 0.258 e. The van der Waals surface area contributed by atoms with Crippen LogP contribution in [0.25, 0.3) is 0 Å². The van der Waals surface area contributed by atoms with Gasteiger partial charge in [0.2, 0.25) is 0 Å². The minimum absolute atomic E-state index is 0.0170. The molecule has 0 saturated carbocycles. The molecular formula is C13H18BrNO3. The summed E-state index contributed by atoms with van der Waals surface area (Å²) in [7, 11) is 0. The van der Waals surface area contributed by atoms with Crippen molar-refractivity contribution in [2.75, 3.05) is 6.61 Å². The lowest BCUT2D eigenvalue weighted by Gasteiger charge is -2.12. The van der Waals surface area contributed by atoms with Gasteiger partial charge in [-0.25, -0.2) is 0 Å². The van der Waals surface area contributed by atoms with Gasteiger partial charge in [0, 0.05) is 10.5 Å². The number of halogens is 1. The molecule has 100 valence electrons. The molecule has 0 heterocycles. The first-order valence-corrected chi connectivity index (χ1v) is 6.67. The van der Waals surface area contributed by atoms with Crippen LogP contribution in [0.3, 0.4) is 0 Å². The fraction of sp³-hybridized carbons (Fsp3) is 0.462. The van der Waals surface area contributed by atoms with Crippen LogP contribution in [0.5, 0.6) is 5.75 Å². The molecule has 1 rings (SSSR count). The highest BCUT2D eigenvalue weighted by Gasteiger charge is 2.07. The number of benzene rings is 1. The molecule has 0 aliphatic heterocycles. The molecular weight excluding hydrogens is 298 g/mol. The summed E-state index contributed by atoms with van der Waals surface area (Å²) in [6.45, 7) is 3.86. The largest absolute Gasteiger partial charge is 0.484 e. The van der Waals surface area contributed by atoms with Gasteiger partial charge in [-0.3, -0.25) is 4.79 Å². The van der Waals surface area contributed by atoms with E-state index in [1.165, 1.54) is 0 Å². The van der Waals surface area contributed by atoms with Gasteiger partial charge >= 0.3 is 0 Å². The van der Waals surface area contributed by atoms with Crippen molar-refractivity contribution < 1.29 is 14.6 Å². The first kappa shape index (κ1) is 15.0. The number of carbonyl (C=O) groups is 1. The number of aliphatic hydroxyl groups excluding tert-OH is 1. The monoisotopic (exact) mass is 315 g/mol. The van der Waals surface area contributed by atoms with Crippen LogP contribution in [0, 0.1) is 0 Å². The average Bonchev–Trinajstić information content (AvgIpc) is 2.37. The molecule has 1 unspecified atom stereocenters. The summed E-state index contributed by atoms with van der Waals surface area (Å²) in [5.74, 6) is 0.430. The molecule has 0 fully saturated rings. The van der Waals surface area contributed by atoms with Crippen molar-refractivity contribution >= 4 is 21.8 Å². The van der Waals surface area contributed by atoms with Crippen molar-refractivity contribution in [2.24, 2.45) is 0 Å². The second kappa shape index (κ2) is 7.38. The Bertz CT molecular complexity index is 409. The maximum Gasteiger partial charge on any atom is 0.258 e. The van der Waals surface area contributed by atoms with Crippen molar-refractivity contribution in [3.8, 4) is 5.75 Å². The summed E-state index contributed by atoms with van der Waals surface area (Å²) in [5.41, 5.74) is 0.731. The van der Waals surface area contributed by atoms with Gasteiger partial charge in [-0.2, -0.15) is 0 Å². The summed E-state index contributed by atoms with van der Waals surface area (Å²) in [6, 6.07) is 5.40. The van der Waals surface area contributed by atoms with Gasteiger partial charge in [-0.1, -0.05) is 22.9 Å². The lowest BCUT2D eigenvalue weighted by atomic mass is 10.2. The molecule has 1 amide bonds. The Morgan fingerprint density at radius 1 is 1.56 bits per heavy atom. The fourth-order valence-electron chi connectivity index (χ4n) is 1.33. The molecule has 0 aliphatic rings.